The van der Waals surface area contributed by atoms with E-state index in [1.807, 2.05) is 30.3 Å². The molecular weight excluding hydrogens is 430 g/mol. The Hall–Kier alpha value is -2.21. The van der Waals surface area contributed by atoms with E-state index in [2.05, 4.69) is 15.9 Å². The smallest absolute Gasteiger partial charge is 0.244 e. The molecule has 1 aliphatic rings. The summed E-state index contributed by atoms with van der Waals surface area (Å²) in [5.74, 6) is -0.0215. The van der Waals surface area contributed by atoms with Crippen molar-refractivity contribution >= 4 is 31.9 Å². The summed E-state index contributed by atoms with van der Waals surface area (Å²) in [4.78, 5) is 14.2. The van der Waals surface area contributed by atoms with Gasteiger partial charge in [0.15, 0.2) is 0 Å². The molecule has 0 spiro atoms. The highest BCUT2D eigenvalue weighted by Crippen LogP contribution is 2.21. The Morgan fingerprint density at radius 2 is 1.67 bits per heavy atom. The fourth-order valence-corrected chi connectivity index (χ4v) is 4.82. The van der Waals surface area contributed by atoms with Gasteiger partial charge in [-0.25, -0.2) is 8.42 Å². The van der Waals surface area contributed by atoms with Gasteiger partial charge < -0.3 is 4.90 Å². The zero-order chi connectivity index (χ0) is 19.4. The van der Waals surface area contributed by atoms with Gasteiger partial charge in [0.2, 0.25) is 15.9 Å². The van der Waals surface area contributed by atoms with Gasteiger partial charge in [0.25, 0.3) is 0 Å². The second kappa shape index (κ2) is 8.21. The van der Waals surface area contributed by atoms with Crippen molar-refractivity contribution in [2.24, 2.45) is 0 Å². The van der Waals surface area contributed by atoms with Crippen molar-refractivity contribution in [2.75, 3.05) is 26.2 Å². The van der Waals surface area contributed by atoms with Crippen LogP contribution in [0.4, 0.5) is 0 Å². The van der Waals surface area contributed by atoms with E-state index in [1.54, 1.807) is 17.0 Å². The minimum atomic E-state index is -3.75. The lowest BCUT2D eigenvalue weighted by molar-refractivity contribution is -0.131. The van der Waals surface area contributed by atoms with Gasteiger partial charge in [-0.05, 0) is 29.8 Å². The number of carbonyl (C=O) groups excluding carboxylic acids is 1. The molecule has 0 bridgehead atoms. The molecule has 140 valence electrons. The molecule has 8 heteroatoms. The molecule has 2 aromatic carbocycles. The molecule has 0 N–H and O–H groups in total. The molecule has 6 nitrogen and oxygen atoms in total. The molecule has 0 aliphatic carbocycles. The summed E-state index contributed by atoms with van der Waals surface area (Å²) in [5.41, 5.74) is 1.05. The molecule has 3 rings (SSSR count). The van der Waals surface area contributed by atoms with Gasteiger partial charge in [-0.3, -0.25) is 4.79 Å². The molecule has 1 saturated heterocycles. The Balaban J connectivity index is 1.65. The van der Waals surface area contributed by atoms with Crippen molar-refractivity contribution in [1.82, 2.24) is 9.21 Å². The number of rotatable bonds is 4. The van der Waals surface area contributed by atoms with E-state index in [1.165, 1.54) is 16.4 Å². The van der Waals surface area contributed by atoms with Crippen molar-refractivity contribution in [1.29, 1.82) is 5.26 Å². The second-order valence-corrected chi connectivity index (χ2v) is 9.02. The number of hydrogen-bond donors (Lipinski definition) is 0. The van der Waals surface area contributed by atoms with Crippen LogP contribution in [0, 0.1) is 11.3 Å². The Kier molecular flexibility index (Phi) is 5.95. The van der Waals surface area contributed by atoms with Crippen molar-refractivity contribution in [2.45, 2.75) is 11.3 Å². The van der Waals surface area contributed by atoms with Crippen LogP contribution in [0.2, 0.25) is 0 Å². The predicted octanol–water partition coefficient (Wildman–Crippen LogP) is 2.40. The normalized spacial score (nSPS) is 15.3. The number of benzene rings is 2. The summed E-state index contributed by atoms with van der Waals surface area (Å²) in [6.45, 7) is 1.11. The van der Waals surface area contributed by atoms with Gasteiger partial charge >= 0.3 is 0 Å². The number of nitrogens with zero attached hydrogens (tertiary/aromatic N) is 3. The molecule has 0 radical (unpaired) electrons. The number of amides is 1. The first-order valence-electron chi connectivity index (χ1n) is 8.43. The van der Waals surface area contributed by atoms with E-state index in [-0.39, 0.29) is 35.9 Å². The van der Waals surface area contributed by atoms with E-state index in [4.69, 9.17) is 5.26 Å². The van der Waals surface area contributed by atoms with E-state index in [9.17, 15) is 13.2 Å². The van der Waals surface area contributed by atoms with E-state index in [0.29, 0.717) is 13.1 Å². The van der Waals surface area contributed by atoms with Crippen LogP contribution in [-0.2, 0) is 21.2 Å². The van der Waals surface area contributed by atoms with Crippen LogP contribution < -0.4 is 0 Å². The molecule has 1 amide bonds. The molecule has 0 aromatic heterocycles. The Bertz CT molecular complexity index is 976. The minimum Gasteiger partial charge on any atom is -0.340 e. The number of halogens is 1. The number of piperazine rings is 1. The van der Waals surface area contributed by atoms with Crippen molar-refractivity contribution in [3.63, 3.8) is 0 Å². The van der Waals surface area contributed by atoms with Crippen LogP contribution in [0.5, 0.6) is 0 Å². The average molecular weight is 448 g/mol. The summed E-state index contributed by atoms with van der Waals surface area (Å²) in [5, 5.41) is 9.16. The third-order valence-corrected chi connectivity index (χ3v) is 6.97. The summed E-state index contributed by atoms with van der Waals surface area (Å²) in [7, 11) is -3.75. The van der Waals surface area contributed by atoms with Gasteiger partial charge in [0, 0.05) is 30.7 Å². The Morgan fingerprint density at radius 1 is 1.04 bits per heavy atom. The van der Waals surface area contributed by atoms with Gasteiger partial charge in [-0.2, -0.15) is 9.57 Å². The van der Waals surface area contributed by atoms with Crippen LogP contribution in [0.3, 0.4) is 0 Å². The maximum absolute atomic E-state index is 12.8. The fourth-order valence-electron chi connectivity index (χ4n) is 2.99. The molecular formula is C19H18BrN3O3S. The molecule has 1 heterocycles. The maximum atomic E-state index is 12.8. The number of carbonyl (C=O) groups is 1. The summed E-state index contributed by atoms with van der Waals surface area (Å²) < 4.78 is 28.0. The molecule has 2 aromatic rings. The lowest BCUT2D eigenvalue weighted by Crippen LogP contribution is -2.50. The van der Waals surface area contributed by atoms with Crippen LogP contribution >= 0.6 is 15.9 Å². The number of hydrogen-bond acceptors (Lipinski definition) is 4. The molecule has 0 unspecified atom stereocenters. The highest BCUT2D eigenvalue weighted by Gasteiger charge is 2.31. The lowest BCUT2D eigenvalue weighted by Gasteiger charge is -2.34. The molecule has 0 saturated carbocycles. The number of sulfonamides is 1. The standard InChI is InChI=1S/C19H18BrN3O3S/c20-17-7-5-15(6-8-17)13-19(24)22-9-11-23(12-10-22)27(25,26)18-4-2-1-3-16(18)14-21/h1-8H,9-13H2. The van der Waals surface area contributed by atoms with Crippen molar-refractivity contribution < 1.29 is 13.2 Å². The summed E-state index contributed by atoms with van der Waals surface area (Å²) in [6.07, 6.45) is 0.289. The van der Waals surface area contributed by atoms with E-state index >= 15 is 0 Å². The van der Waals surface area contributed by atoms with Crippen LogP contribution in [0.15, 0.2) is 57.9 Å². The first kappa shape index (κ1) is 19.5. The average Bonchev–Trinajstić information content (AvgIpc) is 2.69. The first-order valence-corrected chi connectivity index (χ1v) is 10.7. The minimum absolute atomic E-state index is 0.0159. The largest absolute Gasteiger partial charge is 0.340 e. The molecule has 1 fully saturated rings. The number of nitriles is 1. The van der Waals surface area contributed by atoms with E-state index < -0.39 is 10.0 Å². The lowest BCUT2D eigenvalue weighted by atomic mass is 10.1. The van der Waals surface area contributed by atoms with Gasteiger partial charge in [-0.1, -0.05) is 40.2 Å². The predicted molar refractivity (Wildman–Crippen MR) is 104 cm³/mol. The van der Waals surface area contributed by atoms with Crippen molar-refractivity contribution in [3.8, 4) is 6.07 Å². The fraction of sp³-hybridized carbons (Fsp3) is 0.263. The van der Waals surface area contributed by atoms with Crippen molar-refractivity contribution in [3.05, 3.63) is 64.1 Å². The summed E-state index contributed by atoms with van der Waals surface area (Å²) >= 11 is 3.37. The van der Waals surface area contributed by atoms with Crippen LogP contribution in [0.1, 0.15) is 11.1 Å². The monoisotopic (exact) mass is 447 g/mol. The maximum Gasteiger partial charge on any atom is 0.244 e. The van der Waals surface area contributed by atoms with Crippen LogP contribution in [-0.4, -0.2) is 49.7 Å². The Morgan fingerprint density at radius 3 is 2.30 bits per heavy atom. The van der Waals surface area contributed by atoms with Gasteiger partial charge in [0.1, 0.15) is 6.07 Å². The topological polar surface area (TPSA) is 81.5 Å². The highest BCUT2D eigenvalue weighted by atomic mass is 79.9. The zero-order valence-corrected chi connectivity index (χ0v) is 16.9. The first-order chi connectivity index (χ1) is 12.9. The third kappa shape index (κ3) is 4.38. The van der Waals surface area contributed by atoms with E-state index in [0.717, 1.165) is 10.0 Å². The summed E-state index contributed by atoms with van der Waals surface area (Å²) in [6, 6.07) is 15.7. The zero-order valence-electron chi connectivity index (χ0n) is 14.5. The third-order valence-electron chi connectivity index (χ3n) is 4.49. The SMILES string of the molecule is N#Cc1ccccc1S(=O)(=O)N1CCN(C(=O)Cc2ccc(Br)cc2)CC1. The second-order valence-electron chi connectivity index (χ2n) is 6.20. The quantitative estimate of drug-likeness (QED) is 0.720. The van der Waals surface area contributed by atoms with Gasteiger partial charge in [-0.15, -0.1) is 0 Å². The molecule has 0 atom stereocenters. The molecule has 27 heavy (non-hydrogen) atoms. The molecule has 1 aliphatic heterocycles. The Labute approximate surface area is 167 Å². The van der Waals surface area contributed by atoms with Gasteiger partial charge in [0.05, 0.1) is 16.9 Å². The highest BCUT2D eigenvalue weighted by molar-refractivity contribution is 9.10. The van der Waals surface area contributed by atoms with Crippen LogP contribution in [0.25, 0.3) is 0 Å².